The number of hydrogen-bond acceptors (Lipinski definition) is 1. The minimum absolute atomic E-state index is 0.243. The van der Waals surface area contributed by atoms with Crippen molar-refractivity contribution >= 4 is 34.3 Å². The van der Waals surface area contributed by atoms with Gasteiger partial charge in [0.2, 0.25) is 0 Å². The van der Waals surface area contributed by atoms with Gasteiger partial charge in [0, 0.05) is 15.8 Å². The Hall–Kier alpha value is -1.63. The van der Waals surface area contributed by atoms with E-state index in [1.54, 1.807) is 18.2 Å². The molecule has 0 aliphatic carbocycles. The first-order chi connectivity index (χ1) is 9.65. The average Bonchev–Trinajstić information content (AvgIpc) is 2.41. The van der Waals surface area contributed by atoms with Crippen molar-refractivity contribution in [3.63, 3.8) is 0 Å². The third-order valence-electron chi connectivity index (χ3n) is 2.72. The second-order valence-corrected chi connectivity index (χ2v) is 5.48. The van der Waals surface area contributed by atoms with Gasteiger partial charge >= 0.3 is 6.03 Å². The van der Waals surface area contributed by atoms with Crippen LogP contribution < -0.4 is 10.6 Å². The Morgan fingerprint density at radius 2 is 1.95 bits per heavy atom. The number of halogens is 2. The van der Waals surface area contributed by atoms with E-state index in [4.69, 9.17) is 0 Å². The molecule has 0 spiro atoms. The molecule has 0 fully saturated rings. The Labute approximate surface area is 130 Å². The topological polar surface area (TPSA) is 41.1 Å². The fourth-order valence-corrected chi connectivity index (χ4v) is 2.30. The van der Waals surface area contributed by atoms with Gasteiger partial charge in [-0.2, -0.15) is 0 Å². The summed E-state index contributed by atoms with van der Waals surface area (Å²) in [6.45, 7) is 0.386. The van der Waals surface area contributed by atoms with E-state index >= 15 is 0 Å². The van der Waals surface area contributed by atoms with Gasteiger partial charge < -0.3 is 10.6 Å². The second kappa shape index (κ2) is 7.23. The van der Waals surface area contributed by atoms with Crippen LogP contribution in [0.25, 0.3) is 0 Å². The lowest BCUT2D eigenvalue weighted by molar-refractivity contribution is 0.252. The number of urea groups is 1. The van der Waals surface area contributed by atoms with Gasteiger partial charge in [-0.25, -0.2) is 9.18 Å². The highest BCUT2D eigenvalue weighted by Crippen LogP contribution is 2.12. The van der Waals surface area contributed by atoms with E-state index in [1.165, 1.54) is 6.07 Å². The van der Waals surface area contributed by atoms with Gasteiger partial charge in [-0.3, -0.25) is 0 Å². The van der Waals surface area contributed by atoms with Crippen molar-refractivity contribution in [2.75, 3.05) is 11.9 Å². The summed E-state index contributed by atoms with van der Waals surface area (Å²) in [5.41, 5.74) is 1.34. The zero-order chi connectivity index (χ0) is 14.4. The summed E-state index contributed by atoms with van der Waals surface area (Å²) >= 11 is 2.18. The maximum Gasteiger partial charge on any atom is 0.319 e. The van der Waals surface area contributed by atoms with Crippen molar-refractivity contribution in [2.24, 2.45) is 0 Å². The Morgan fingerprint density at radius 1 is 1.15 bits per heavy atom. The van der Waals surface area contributed by atoms with E-state index in [0.717, 1.165) is 9.26 Å². The third-order valence-corrected chi connectivity index (χ3v) is 3.39. The van der Waals surface area contributed by atoms with E-state index in [2.05, 4.69) is 33.2 Å². The maximum absolute atomic E-state index is 13.4. The highest BCUT2D eigenvalue weighted by atomic mass is 127. The quantitative estimate of drug-likeness (QED) is 0.774. The molecule has 0 aliphatic heterocycles. The van der Waals surface area contributed by atoms with E-state index in [-0.39, 0.29) is 11.8 Å². The summed E-state index contributed by atoms with van der Waals surface area (Å²) in [5, 5.41) is 5.44. The maximum atomic E-state index is 13.4. The molecule has 2 rings (SSSR count). The summed E-state index contributed by atoms with van der Waals surface area (Å²) in [4.78, 5) is 11.7. The first kappa shape index (κ1) is 14.8. The summed E-state index contributed by atoms with van der Waals surface area (Å²) in [7, 11) is 0. The van der Waals surface area contributed by atoms with Gasteiger partial charge in [-0.05, 0) is 58.8 Å². The monoisotopic (exact) mass is 384 g/mol. The Balaban J connectivity index is 1.80. The van der Waals surface area contributed by atoms with Crippen LogP contribution in [0.2, 0.25) is 0 Å². The smallest absolute Gasteiger partial charge is 0.319 e. The lowest BCUT2D eigenvalue weighted by Crippen LogP contribution is -2.30. The number of anilines is 1. The number of nitrogens with one attached hydrogen (secondary N) is 2. The molecule has 2 aromatic rings. The van der Waals surface area contributed by atoms with Crippen LogP contribution in [0, 0.1) is 9.39 Å². The van der Waals surface area contributed by atoms with E-state index in [1.807, 2.05) is 24.3 Å². The summed E-state index contributed by atoms with van der Waals surface area (Å²) in [6, 6.07) is 13.8. The molecule has 2 aromatic carbocycles. The summed E-state index contributed by atoms with van der Waals surface area (Å²) in [5.74, 6) is -0.243. The van der Waals surface area contributed by atoms with Gasteiger partial charge in [0.1, 0.15) is 5.82 Å². The largest absolute Gasteiger partial charge is 0.338 e. The minimum Gasteiger partial charge on any atom is -0.338 e. The molecule has 0 radical (unpaired) electrons. The van der Waals surface area contributed by atoms with Crippen molar-refractivity contribution in [3.05, 3.63) is 63.5 Å². The highest BCUT2D eigenvalue weighted by Gasteiger charge is 2.03. The Morgan fingerprint density at radius 3 is 2.70 bits per heavy atom. The van der Waals surface area contributed by atoms with E-state index in [0.29, 0.717) is 18.5 Å². The van der Waals surface area contributed by atoms with Crippen molar-refractivity contribution in [1.82, 2.24) is 5.32 Å². The number of carbonyl (C=O) groups is 1. The first-order valence-electron chi connectivity index (χ1n) is 6.19. The third kappa shape index (κ3) is 4.48. The predicted octanol–water partition coefficient (Wildman–Crippen LogP) is 3.79. The fourth-order valence-electron chi connectivity index (χ4n) is 1.75. The molecule has 2 amide bonds. The van der Waals surface area contributed by atoms with Gasteiger partial charge in [0.25, 0.3) is 0 Å². The van der Waals surface area contributed by atoms with Crippen molar-refractivity contribution in [3.8, 4) is 0 Å². The normalized spacial score (nSPS) is 10.1. The molecule has 0 atom stereocenters. The molecule has 0 heterocycles. The van der Waals surface area contributed by atoms with Crippen LogP contribution in [0.3, 0.4) is 0 Å². The molecule has 20 heavy (non-hydrogen) atoms. The van der Waals surface area contributed by atoms with Crippen LogP contribution >= 0.6 is 22.6 Å². The van der Waals surface area contributed by atoms with Crippen molar-refractivity contribution in [1.29, 1.82) is 0 Å². The standard InChI is InChI=1S/C15H14FIN2O/c16-14-7-2-1-4-11(14)8-9-18-15(20)19-13-6-3-5-12(17)10-13/h1-7,10H,8-9H2,(H2,18,19,20). The molecule has 5 heteroatoms. The Bertz CT molecular complexity index is 604. The van der Waals surface area contributed by atoms with E-state index < -0.39 is 0 Å². The second-order valence-electron chi connectivity index (χ2n) is 4.23. The molecule has 0 bridgehead atoms. The SMILES string of the molecule is O=C(NCCc1ccccc1F)Nc1cccc(I)c1. The molecule has 0 saturated heterocycles. The molecular formula is C15H14FIN2O. The lowest BCUT2D eigenvalue weighted by atomic mass is 10.1. The molecule has 0 saturated carbocycles. The molecule has 0 aromatic heterocycles. The number of benzene rings is 2. The van der Waals surface area contributed by atoms with E-state index in [9.17, 15) is 9.18 Å². The van der Waals surface area contributed by atoms with Crippen LogP contribution in [-0.4, -0.2) is 12.6 Å². The lowest BCUT2D eigenvalue weighted by Gasteiger charge is -2.08. The van der Waals surface area contributed by atoms with Crippen LogP contribution in [0.1, 0.15) is 5.56 Å². The highest BCUT2D eigenvalue weighted by molar-refractivity contribution is 14.1. The summed E-state index contributed by atoms with van der Waals surface area (Å²) in [6.07, 6.45) is 0.465. The predicted molar refractivity (Wildman–Crippen MR) is 86.3 cm³/mol. The van der Waals surface area contributed by atoms with Crippen molar-refractivity contribution < 1.29 is 9.18 Å². The molecule has 0 unspecified atom stereocenters. The Kier molecular flexibility index (Phi) is 5.34. The van der Waals surface area contributed by atoms with Crippen molar-refractivity contribution in [2.45, 2.75) is 6.42 Å². The van der Waals surface area contributed by atoms with Gasteiger partial charge in [-0.1, -0.05) is 24.3 Å². The average molecular weight is 384 g/mol. The van der Waals surface area contributed by atoms with Gasteiger partial charge in [-0.15, -0.1) is 0 Å². The fraction of sp³-hybridized carbons (Fsp3) is 0.133. The molecule has 2 N–H and O–H groups in total. The minimum atomic E-state index is -0.289. The number of carbonyl (C=O) groups excluding carboxylic acids is 1. The van der Waals surface area contributed by atoms with Crippen LogP contribution in [0.5, 0.6) is 0 Å². The molecule has 0 aliphatic rings. The van der Waals surface area contributed by atoms with Gasteiger partial charge in [0.05, 0.1) is 0 Å². The number of hydrogen-bond donors (Lipinski definition) is 2. The van der Waals surface area contributed by atoms with Crippen LogP contribution in [0.4, 0.5) is 14.9 Å². The number of rotatable bonds is 4. The summed E-state index contributed by atoms with van der Waals surface area (Å²) < 4.78 is 14.4. The van der Waals surface area contributed by atoms with Crippen LogP contribution in [0.15, 0.2) is 48.5 Å². The zero-order valence-electron chi connectivity index (χ0n) is 10.7. The molecule has 3 nitrogen and oxygen atoms in total. The van der Waals surface area contributed by atoms with Gasteiger partial charge in [0.15, 0.2) is 0 Å². The first-order valence-corrected chi connectivity index (χ1v) is 7.27. The van der Waals surface area contributed by atoms with Crippen LogP contribution in [-0.2, 0) is 6.42 Å². The molecule has 104 valence electrons. The molecular weight excluding hydrogens is 370 g/mol. The number of amides is 2. The zero-order valence-corrected chi connectivity index (χ0v) is 12.9.